The van der Waals surface area contributed by atoms with Gasteiger partial charge in [0.15, 0.2) is 0 Å². The smallest absolute Gasteiger partial charge is 0.268 e. The highest BCUT2D eigenvalue weighted by Crippen LogP contribution is 2.14. The third kappa shape index (κ3) is 3.52. The van der Waals surface area contributed by atoms with E-state index in [4.69, 9.17) is 0 Å². The molecule has 0 aliphatic rings. The SMILES string of the molecule is Cc1nn(C)cc1NC(=O)CN(C)Cc1nc2ccsc2c(=O)[nH]1. The summed E-state index contributed by atoms with van der Waals surface area (Å²) in [7, 11) is 3.60. The van der Waals surface area contributed by atoms with Crippen LogP contribution in [0.5, 0.6) is 0 Å². The Kier molecular flexibility index (Phi) is 4.45. The lowest BCUT2D eigenvalue weighted by atomic mass is 10.4. The number of likely N-dealkylation sites (N-methyl/N-ethyl adjacent to an activating group) is 1. The highest BCUT2D eigenvalue weighted by molar-refractivity contribution is 7.17. The highest BCUT2D eigenvalue weighted by atomic mass is 32.1. The van der Waals surface area contributed by atoms with Crippen LogP contribution in [0.1, 0.15) is 11.5 Å². The summed E-state index contributed by atoms with van der Waals surface area (Å²) in [6.45, 7) is 2.39. The number of aromatic nitrogens is 4. The van der Waals surface area contributed by atoms with Crippen molar-refractivity contribution < 1.29 is 4.79 Å². The number of carbonyl (C=O) groups is 1. The lowest BCUT2D eigenvalue weighted by Crippen LogP contribution is -2.31. The van der Waals surface area contributed by atoms with E-state index in [1.54, 1.807) is 29.9 Å². The second-order valence-corrected chi connectivity index (χ2v) is 6.59. The summed E-state index contributed by atoms with van der Waals surface area (Å²) in [6, 6.07) is 1.82. The molecular weight excluding hydrogens is 328 g/mol. The minimum atomic E-state index is -0.146. The van der Waals surface area contributed by atoms with E-state index in [2.05, 4.69) is 20.4 Å². The maximum Gasteiger partial charge on any atom is 0.268 e. The number of carbonyl (C=O) groups excluding carboxylic acids is 1. The largest absolute Gasteiger partial charge is 0.322 e. The molecule has 3 aromatic rings. The summed E-state index contributed by atoms with van der Waals surface area (Å²) in [5.74, 6) is 0.395. The number of H-pyrrole nitrogens is 1. The van der Waals surface area contributed by atoms with E-state index in [9.17, 15) is 9.59 Å². The Morgan fingerprint density at radius 3 is 3.00 bits per heavy atom. The summed E-state index contributed by atoms with van der Waals surface area (Å²) in [5.41, 5.74) is 2.00. The molecule has 3 aromatic heterocycles. The number of aryl methyl sites for hydroxylation is 2. The van der Waals surface area contributed by atoms with Crippen LogP contribution in [-0.4, -0.2) is 44.1 Å². The lowest BCUT2D eigenvalue weighted by molar-refractivity contribution is -0.117. The standard InChI is InChI=1S/C15H18N6O2S/c1-9-11(6-21(3)19-9)17-13(22)8-20(2)7-12-16-10-4-5-24-14(10)15(23)18-12/h4-6H,7-8H2,1-3H3,(H,17,22)(H,16,18,23). The van der Waals surface area contributed by atoms with Gasteiger partial charge in [0.2, 0.25) is 5.91 Å². The summed E-state index contributed by atoms with van der Waals surface area (Å²) < 4.78 is 2.27. The molecule has 0 unspecified atom stereocenters. The maximum atomic E-state index is 12.1. The molecule has 3 heterocycles. The molecule has 0 bridgehead atoms. The Labute approximate surface area is 142 Å². The van der Waals surface area contributed by atoms with Crippen molar-refractivity contribution in [3.05, 3.63) is 39.5 Å². The van der Waals surface area contributed by atoms with Gasteiger partial charge >= 0.3 is 0 Å². The first-order valence-electron chi connectivity index (χ1n) is 7.37. The van der Waals surface area contributed by atoms with Crippen LogP contribution in [0.3, 0.4) is 0 Å². The number of aromatic amines is 1. The molecule has 0 aromatic carbocycles. The third-order valence-electron chi connectivity index (χ3n) is 3.48. The van der Waals surface area contributed by atoms with Gasteiger partial charge in [-0.05, 0) is 25.4 Å². The van der Waals surface area contributed by atoms with E-state index >= 15 is 0 Å². The molecule has 2 N–H and O–H groups in total. The van der Waals surface area contributed by atoms with Crippen molar-refractivity contribution in [1.82, 2.24) is 24.6 Å². The fourth-order valence-electron chi connectivity index (χ4n) is 2.47. The van der Waals surface area contributed by atoms with Crippen molar-refractivity contribution in [2.24, 2.45) is 7.05 Å². The Hall–Kier alpha value is -2.52. The number of rotatable bonds is 5. The zero-order valence-electron chi connectivity index (χ0n) is 13.7. The number of fused-ring (bicyclic) bond motifs is 1. The number of anilines is 1. The molecule has 9 heteroatoms. The van der Waals surface area contributed by atoms with E-state index in [1.165, 1.54) is 11.3 Å². The van der Waals surface area contributed by atoms with Crippen molar-refractivity contribution in [3.63, 3.8) is 0 Å². The van der Waals surface area contributed by atoms with Crippen LogP contribution >= 0.6 is 11.3 Å². The number of nitrogens with one attached hydrogen (secondary N) is 2. The second-order valence-electron chi connectivity index (χ2n) is 5.67. The van der Waals surface area contributed by atoms with Crippen LogP contribution in [0.4, 0.5) is 5.69 Å². The van der Waals surface area contributed by atoms with Crippen LogP contribution in [-0.2, 0) is 18.4 Å². The molecular formula is C15H18N6O2S. The van der Waals surface area contributed by atoms with Gasteiger partial charge in [-0.2, -0.15) is 5.10 Å². The van der Waals surface area contributed by atoms with Gasteiger partial charge in [0.25, 0.3) is 5.56 Å². The van der Waals surface area contributed by atoms with Crippen LogP contribution in [0.15, 0.2) is 22.4 Å². The Balaban J connectivity index is 1.63. The maximum absolute atomic E-state index is 12.1. The van der Waals surface area contributed by atoms with Gasteiger partial charge in [-0.1, -0.05) is 0 Å². The van der Waals surface area contributed by atoms with Crippen molar-refractivity contribution >= 4 is 33.1 Å². The van der Waals surface area contributed by atoms with E-state index in [1.807, 2.05) is 18.4 Å². The van der Waals surface area contributed by atoms with Crippen LogP contribution < -0.4 is 10.9 Å². The summed E-state index contributed by atoms with van der Waals surface area (Å²) in [5, 5.41) is 8.85. The average molecular weight is 346 g/mol. The van der Waals surface area contributed by atoms with Gasteiger partial charge in [0.1, 0.15) is 10.5 Å². The minimum Gasteiger partial charge on any atom is -0.322 e. The normalized spacial score (nSPS) is 11.3. The quantitative estimate of drug-likeness (QED) is 0.721. The third-order valence-corrected chi connectivity index (χ3v) is 4.39. The number of amides is 1. The van der Waals surface area contributed by atoms with Gasteiger partial charge in [0.05, 0.1) is 30.0 Å². The molecule has 8 nitrogen and oxygen atoms in total. The second kappa shape index (κ2) is 6.54. The fourth-order valence-corrected chi connectivity index (χ4v) is 3.19. The first-order valence-corrected chi connectivity index (χ1v) is 8.25. The van der Waals surface area contributed by atoms with E-state index in [0.717, 1.165) is 5.69 Å². The molecule has 0 aliphatic carbocycles. The topological polar surface area (TPSA) is 95.9 Å². The molecule has 1 amide bonds. The van der Waals surface area contributed by atoms with Crippen LogP contribution in [0, 0.1) is 6.92 Å². The lowest BCUT2D eigenvalue weighted by Gasteiger charge is -2.15. The first kappa shape index (κ1) is 16.3. The summed E-state index contributed by atoms with van der Waals surface area (Å²) in [6.07, 6.45) is 1.76. The zero-order valence-corrected chi connectivity index (χ0v) is 14.5. The molecule has 0 spiro atoms. The molecule has 24 heavy (non-hydrogen) atoms. The molecule has 0 saturated carbocycles. The molecule has 0 fully saturated rings. The molecule has 0 atom stereocenters. The molecule has 0 radical (unpaired) electrons. The van der Waals surface area contributed by atoms with Crippen molar-refractivity contribution in [2.75, 3.05) is 18.9 Å². The molecule has 126 valence electrons. The summed E-state index contributed by atoms with van der Waals surface area (Å²) in [4.78, 5) is 33.0. The number of hydrogen-bond acceptors (Lipinski definition) is 6. The summed E-state index contributed by atoms with van der Waals surface area (Å²) >= 11 is 1.36. The Morgan fingerprint density at radius 1 is 1.50 bits per heavy atom. The van der Waals surface area contributed by atoms with Gasteiger partial charge < -0.3 is 10.3 Å². The minimum absolute atomic E-state index is 0.145. The van der Waals surface area contributed by atoms with Gasteiger partial charge in [-0.25, -0.2) is 4.98 Å². The predicted molar refractivity (Wildman–Crippen MR) is 93.1 cm³/mol. The van der Waals surface area contributed by atoms with E-state index in [-0.39, 0.29) is 18.0 Å². The molecule has 3 rings (SSSR count). The van der Waals surface area contributed by atoms with E-state index in [0.29, 0.717) is 28.3 Å². The number of nitrogens with zero attached hydrogens (tertiary/aromatic N) is 4. The fraction of sp³-hybridized carbons (Fsp3) is 0.333. The first-order chi connectivity index (χ1) is 11.4. The number of thiophene rings is 1. The van der Waals surface area contributed by atoms with Crippen molar-refractivity contribution in [2.45, 2.75) is 13.5 Å². The monoisotopic (exact) mass is 346 g/mol. The zero-order chi connectivity index (χ0) is 17.3. The van der Waals surface area contributed by atoms with Crippen molar-refractivity contribution in [3.8, 4) is 0 Å². The Morgan fingerprint density at radius 2 is 2.29 bits per heavy atom. The average Bonchev–Trinajstić information content (AvgIpc) is 3.05. The van der Waals surface area contributed by atoms with Gasteiger partial charge in [0, 0.05) is 13.2 Å². The van der Waals surface area contributed by atoms with Gasteiger partial charge in [-0.15, -0.1) is 11.3 Å². The van der Waals surface area contributed by atoms with Gasteiger partial charge in [-0.3, -0.25) is 19.2 Å². The van der Waals surface area contributed by atoms with Crippen LogP contribution in [0.2, 0.25) is 0 Å². The molecule has 0 saturated heterocycles. The Bertz CT molecular complexity index is 941. The van der Waals surface area contributed by atoms with E-state index < -0.39 is 0 Å². The highest BCUT2D eigenvalue weighted by Gasteiger charge is 2.12. The van der Waals surface area contributed by atoms with Crippen molar-refractivity contribution in [1.29, 1.82) is 0 Å². The molecule has 0 aliphatic heterocycles. The number of hydrogen-bond donors (Lipinski definition) is 2. The predicted octanol–water partition coefficient (Wildman–Crippen LogP) is 1.10. The van der Waals surface area contributed by atoms with Crippen LogP contribution in [0.25, 0.3) is 10.2 Å².